The van der Waals surface area contributed by atoms with E-state index in [2.05, 4.69) is 50.6 Å². The van der Waals surface area contributed by atoms with Crippen LogP contribution in [0.5, 0.6) is 0 Å². The van der Waals surface area contributed by atoms with Gasteiger partial charge in [0.15, 0.2) is 10.4 Å². The third-order valence-corrected chi connectivity index (χ3v) is 5.13. The molecule has 2 aromatic carbocycles. The molecule has 1 aromatic heterocycles. The first kappa shape index (κ1) is 22.8. The summed E-state index contributed by atoms with van der Waals surface area (Å²) in [6.45, 7) is 2.45. The third kappa shape index (κ3) is 7.70. The van der Waals surface area contributed by atoms with Gasteiger partial charge in [0.05, 0.1) is 6.42 Å². The number of nitrogens with one attached hydrogen (secondary N) is 2. The number of anilines is 1. The summed E-state index contributed by atoms with van der Waals surface area (Å²) in [5, 5.41) is 5.73. The molecule has 0 aliphatic heterocycles. The molecule has 0 saturated heterocycles. The number of rotatable bonds is 10. The molecule has 7 heteroatoms. The largest absolute Gasteiger partial charge is 0.444 e. The van der Waals surface area contributed by atoms with Gasteiger partial charge in [-0.1, -0.05) is 42.5 Å². The third-order valence-electron chi connectivity index (χ3n) is 4.71. The number of furan rings is 1. The van der Waals surface area contributed by atoms with E-state index in [1.165, 1.54) is 5.56 Å². The molecule has 0 spiro atoms. The molecular formula is C24H26BrN3O3. The molecule has 2 N–H and O–H groups in total. The van der Waals surface area contributed by atoms with E-state index in [4.69, 9.17) is 4.42 Å². The number of carbonyl (C=O) groups excluding carboxylic acids is 2. The van der Waals surface area contributed by atoms with E-state index in [0.717, 1.165) is 25.1 Å². The van der Waals surface area contributed by atoms with Crippen molar-refractivity contribution >= 4 is 33.4 Å². The van der Waals surface area contributed by atoms with E-state index in [1.54, 1.807) is 24.3 Å². The monoisotopic (exact) mass is 483 g/mol. The van der Waals surface area contributed by atoms with Gasteiger partial charge in [-0.3, -0.25) is 9.59 Å². The van der Waals surface area contributed by atoms with Crippen molar-refractivity contribution in [2.75, 3.05) is 25.5 Å². The normalized spacial score (nSPS) is 10.8. The fourth-order valence-corrected chi connectivity index (χ4v) is 3.44. The van der Waals surface area contributed by atoms with E-state index in [9.17, 15) is 9.59 Å². The summed E-state index contributed by atoms with van der Waals surface area (Å²) in [6, 6.07) is 20.8. The van der Waals surface area contributed by atoms with Gasteiger partial charge in [-0.25, -0.2) is 0 Å². The zero-order valence-electron chi connectivity index (χ0n) is 17.4. The lowest BCUT2D eigenvalue weighted by Crippen LogP contribution is -2.29. The molecule has 0 aliphatic carbocycles. The van der Waals surface area contributed by atoms with Crippen molar-refractivity contribution in [1.82, 2.24) is 10.2 Å². The van der Waals surface area contributed by atoms with Gasteiger partial charge in [0.2, 0.25) is 5.91 Å². The Kier molecular flexibility index (Phi) is 8.44. The summed E-state index contributed by atoms with van der Waals surface area (Å²) < 4.78 is 5.74. The van der Waals surface area contributed by atoms with Crippen LogP contribution in [0.1, 0.15) is 28.1 Å². The predicted molar refractivity (Wildman–Crippen MR) is 125 cm³/mol. The number of carbonyl (C=O) groups is 2. The van der Waals surface area contributed by atoms with Crippen LogP contribution < -0.4 is 10.6 Å². The van der Waals surface area contributed by atoms with Crippen molar-refractivity contribution in [3.63, 3.8) is 0 Å². The Bertz CT molecular complexity index is 987. The molecule has 0 saturated carbocycles. The molecule has 0 atom stereocenters. The highest BCUT2D eigenvalue weighted by Gasteiger charge is 2.11. The lowest BCUT2D eigenvalue weighted by atomic mass is 10.1. The maximum Gasteiger partial charge on any atom is 0.291 e. The first-order valence-electron chi connectivity index (χ1n) is 10.1. The number of hydrogen-bond acceptors (Lipinski definition) is 4. The molecule has 3 rings (SSSR count). The first-order chi connectivity index (χ1) is 15.0. The number of nitrogens with zero attached hydrogens (tertiary/aromatic N) is 1. The fraction of sp³-hybridized carbons (Fsp3) is 0.250. The van der Waals surface area contributed by atoms with Gasteiger partial charge < -0.3 is 20.0 Å². The van der Waals surface area contributed by atoms with Crippen LogP contribution in [0.2, 0.25) is 0 Å². The minimum absolute atomic E-state index is 0.0112. The average Bonchev–Trinajstić information content (AvgIpc) is 3.20. The van der Waals surface area contributed by atoms with Crippen LogP contribution in [-0.2, 0) is 17.8 Å². The van der Waals surface area contributed by atoms with Crippen molar-refractivity contribution in [2.45, 2.75) is 19.4 Å². The minimum atomic E-state index is -0.326. The van der Waals surface area contributed by atoms with Crippen LogP contribution in [0.15, 0.2) is 75.8 Å². The summed E-state index contributed by atoms with van der Waals surface area (Å²) in [6.07, 6.45) is 1.20. The molecule has 0 unspecified atom stereocenters. The Hall–Kier alpha value is -2.90. The van der Waals surface area contributed by atoms with Crippen molar-refractivity contribution in [3.8, 4) is 0 Å². The molecule has 0 bridgehead atoms. The highest BCUT2D eigenvalue weighted by Crippen LogP contribution is 2.16. The maximum absolute atomic E-state index is 12.2. The quantitative estimate of drug-likeness (QED) is 0.417. The lowest BCUT2D eigenvalue weighted by molar-refractivity contribution is -0.120. The van der Waals surface area contributed by atoms with Crippen molar-refractivity contribution in [2.24, 2.45) is 0 Å². The molecule has 0 radical (unpaired) electrons. The summed E-state index contributed by atoms with van der Waals surface area (Å²) in [7, 11) is 2.08. The molecule has 162 valence electrons. The molecular weight excluding hydrogens is 458 g/mol. The Morgan fingerprint density at radius 3 is 2.39 bits per heavy atom. The molecule has 0 fully saturated rings. The van der Waals surface area contributed by atoms with Gasteiger partial charge in [0.25, 0.3) is 5.91 Å². The standard InChI is InChI=1S/C24H26BrN3O3/c1-28(17-19-6-3-2-4-7-19)15-5-14-26-23(29)16-18-8-10-20(11-9-18)27-24(30)21-12-13-22(25)31-21/h2-4,6-13H,5,14-17H2,1H3,(H,26,29)(H,27,30). The molecule has 1 heterocycles. The Morgan fingerprint density at radius 2 is 1.71 bits per heavy atom. The van der Waals surface area contributed by atoms with E-state index in [-0.39, 0.29) is 17.6 Å². The van der Waals surface area contributed by atoms with Gasteiger partial charge in [0, 0.05) is 18.8 Å². The van der Waals surface area contributed by atoms with Gasteiger partial charge in [0.1, 0.15) is 0 Å². The van der Waals surface area contributed by atoms with E-state index in [0.29, 0.717) is 23.3 Å². The number of benzene rings is 2. The number of halogens is 1. The molecule has 6 nitrogen and oxygen atoms in total. The minimum Gasteiger partial charge on any atom is -0.444 e. The zero-order valence-corrected chi connectivity index (χ0v) is 19.0. The Morgan fingerprint density at radius 1 is 0.968 bits per heavy atom. The number of hydrogen-bond donors (Lipinski definition) is 2. The second-order valence-electron chi connectivity index (χ2n) is 7.36. The fourth-order valence-electron chi connectivity index (χ4n) is 3.13. The van der Waals surface area contributed by atoms with Crippen LogP contribution in [0.25, 0.3) is 0 Å². The SMILES string of the molecule is CN(CCCNC(=O)Cc1ccc(NC(=O)c2ccc(Br)o2)cc1)Cc1ccccc1. The molecule has 2 amide bonds. The van der Waals surface area contributed by atoms with Gasteiger partial charge in [-0.2, -0.15) is 0 Å². The zero-order chi connectivity index (χ0) is 22.1. The summed E-state index contributed by atoms with van der Waals surface area (Å²) in [5.41, 5.74) is 2.81. The van der Waals surface area contributed by atoms with Crippen molar-refractivity contribution in [1.29, 1.82) is 0 Å². The van der Waals surface area contributed by atoms with Crippen LogP contribution in [-0.4, -0.2) is 36.9 Å². The van der Waals surface area contributed by atoms with Crippen LogP contribution in [0.4, 0.5) is 5.69 Å². The van der Waals surface area contributed by atoms with Gasteiger partial charge in [-0.15, -0.1) is 0 Å². The second-order valence-corrected chi connectivity index (χ2v) is 8.14. The summed E-state index contributed by atoms with van der Waals surface area (Å²) in [4.78, 5) is 26.5. The average molecular weight is 484 g/mol. The van der Waals surface area contributed by atoms with E-state index < -0.39 is 0 Å². The van der Waals surface area contributed by atoms with Gasteiger partial charge in [-0.05, 0) is 71.3 Å². The number of amides is 2. The highest BCUT2D eigenvalue weighted by atomic mass is 79.9. The Labute approximate surface area is 190 Å². The predicted octanol–water partition coefficient (Wildman–Crippen LogP) is 4.48. The van der Waals surface area contributed by atoms with Crippen molar-refractivity contribution in [3.05, 3.63) is 88.3 Å². The molecule has 3 aromatic rings. The van der Waals surface area contributed by atoms with Crippen LogP contribution in [0, 0.1) is 0 Å². The molecule has 31 heavy (non-hydrogen) atoms. The maximum atomic E-state index is 12.2. The Balaban J connectivity index is 1.35. The van der Waals surface area contributed by atoms with E-state index >= 15 is 0 Å². The molecule has 0 aliphatic rings. The summed E-state index contributed by atoms with van der Waals surface area (Å²) >= 11 is 3.17. The lowest BCUT2D eigenvalue weighted by Gasteiger charge is -2.16. The summed E-state index contributed by atoms with van der Waals surface area (Å²) in [5.74, 6) is -0.110. The van der Waals surface area contributed by atoms with Gasteiger partial charge >= 0.3 is 0 Å². The van der Waals surface area contributed by atoms with Crippen molar-refractivity contribution < 1.29 is 14.0 Å². The van der Waals surface area contributed by atoms with E-state index in [1.807, 2.05) is 30.3 Å². The smallest absolute Gasteiger partial charge is 0.291 e. The highest BCUT2D eigenvalue weighted by molar-refractivity contribution is 9.10. The second kappa shape index (κ2) is 11.5. The van der Waals surface area contributed by atoms with Crippen LogP contribution in [0.3, 0.4) is 0 Å². The van der Waals surface area contributed by atoms with Crippen LogP contribution >= 0.6 is 15.9 Å². The topological polar surface area (TPSA) is 74.6 Å². The first-order valence-corrected chi connectivity index (χ1v) is 10.9.